The summed E-state index contributed by atoms with van der Waals surface area (Å²) in [5, 5.41) is 10.6. The number of anilines is 1. The molecule has 1 aliphatic rings. The van der Waals surface area contributed by atoms with Crippen molar-refractivity contribution in [3.8, 4) is 11.5 Å². The summed E-state index contributed by atoms with van der Waals surface area (Å²) in [6, 6.07) is 25.9. The van der Waals surface area contributed by atoms with E-state index in [2.05, 4.69) is 17.4 Å². The van der Waals surface area contributed by atoms with Gasteiger partial charge in [-0.1, -0.05) is 30.3 Å². The fraction of sp³-hybridized carbons (Fsp3) is 0.167. The molecule has 0 bridgehead atoms. The number of ether oxygens (including phenoxy) is 2. The zero-order chi connectivity index (χ0) is 20.9. The fourth-order valence-electron chi connectivity index (χ4n) is 3.44. The van der Waals surface area contributed by atoms with Crippen LogP contribution in [-0.4, -0.2) is 30.1 Å². The number of methoxy groups -OCH3 is 2. The smallest absolute Gasteiger partial charge is 0.194 e. The predicted molar refractivity (Wildman–Crippen MR) is 124 cm³/mol. The minimum absolute atomic E-state index is 0.00304. The lowest BCUT2D eigenvalue weighted by Crippen LogP contribution is -2.31. The number of thiocarbonyl (C=S) groups is 1. The molecule has 0 saturated carbocycles. The summed E-state index contributed by atoms with van der Waals surface area (Å²) in [7, 11) is 3.33. The Hall–Kier alpha value is -3.38. The molecule has 0 aromatic heterocycles. The Kier molecular flexibility index (Phi) is 5.95. The molecule has 30 heavy (non-hydrogen) atoms. The van der Waals surface area contributed by atoms with E-state index >= 15 is 0 Å². The molecule has 3 aromatic carbocycles. The van der Waals surface area contributed by atoms with Crippen LogP contribution in [0, 0.1) is 0 Å². The summed E-state index contributed by atoms with van der Waals surface area (Å²) in [5.41, 5.74) is 4.10. The molecule has 0 aliphatic carbocycles. The molecule has 1 atom stereocenters. The monoisotopic (exact) mass is 417 g/mol. The van der Waals surface area contributed by atoms with Crippen LogP contribution >= 0.6 is 12.2 Å². The number of rotatable bonds is 5. The highest BCUT2D eigenvalue weighted by molar-refractivity contribution is 7.80. The highest BCUT2D eigenvalue weighted by atomic mass is 32.1. The maximum absolute atomic E-state index is 5.73. The van der Waals surface area contributed by atoms with E-state index in [1.54, 1.807) is 14.2 Å². The number of nitrogens with one attached hydrogen (secondary N) is 1. The van der Waals surface area contributed by atoms with Crippen molar-refractivity contribution < 1.29 is 9.47 Å². The molecule has 0 amide bonds. The van der Waals surface area contributed by atoms with Crippen LogP contribution in [0.3, 0.4) is 0 Å². The Morgan fingerprint density at radius 3 is 2.10 bits per heavy atom. The van der Waals surface area contributed by atoms with Crippen molar-refractivity contribution in [1.82, 2.24) is 5.01 Å². The van der Waals surface area contributed by atoms with Crippen molar-refractivity contribution >= 4 is 28.7 Å². The maximum atomic E-state index is 5.73. The quantitative estimate of drug-likeness (QED) is 0.575. The normalized spacial score (nSPS) is 15.5. The molecule has 6 heteroatoms. The van der Waals surface area contributed by atoms with Crippen LogP contribution in [0.5, 0.6) is 11.5 Å². The van der Waals surface area contributed by atoms with E-state index in [0.29, 0.717) is 5.11 Å². The lowest BCUT2D eigenvalue weighted by atomic mass is 9.98. The van der Waals surface area contributed by atoms with Crippen molar-refractivity contribution in [2.24, 2.45) is 5.10 Å². The van der Waals surface area contributed by atoms with Gasteiger partial charge in [0.25, 0.3) is 0 Å². The molecule has 4 rings (SSSR count). The Balaban J connectivity index is 1.64. The lowest BCUT2D eigenvalue weighted by molar-refractivity contribution is 0.374. The van der Waals surface area contributed by atoms with Gasteiger partial charge in [-0.2, -0.15) is 5.10 Å². The third kappa shape index (κ3) is 4.28. The van der Waals surface area contributed by atoms with Crippen LogP contribution in [0.15, 0.2) is 84.0 Å². The van der Waals surface area contributed by atoms with Crippen LogP contribution < -0.4 is 14.8 Å². The first kappa shape index (κ1) is 19.9. The third-order valence-electron chi connectivity index (χ3n) is 5.07. The van der Waals surface area contributed by atoms with Crippen molar-refractivity contribution in [2.75, 3.05) is 19.5 Å². The Labute approximate surface area is 181 Å². The van der Waals surface area contributed by atoms with Gasteiger partial charge in [-0.05, 0) is 71.9 Å². The summed E-state index contributed by atoms with van der Waals surface area (Å²) in [6.45, 7) is 0. The number of para-hydroxylation sites is 1. The molecule has 0 radical (unpaired) electrons. The van der Waals surface area contributed by atoms with Gasteiger partial charge in [0.2, 0.25) is 0 Å². The Morgan fingerprint density at radius 2 is 1.50 bits per heavy atom. The van der Waals surface area contributed by atoms with Crippen LogP contribution in [0.1, 0.15) is 23.6 Å². The van der Waals surface area contributed by atoms with Crippen molar-refractivity contribution in [1.29, 1.82) is 0 Å². The number of hydrogen-bond acceptors (Lipinski definition) is 4. The number of benzene rings is 3. The molecule has 1 N–H and O–H groups in total. The molecule has 1 heterocycles. The molecule has 152 valence electrons. The van der Waals surface area contributed by atoms with E-state index < -0.39 is 0 Å². The van der Waals surface area contributed by atoms with Gasteiger partial charge in [0, 0.05) is 12.1 Å². The average molecular weight is 418 g/mol. The van der Waals surface area contributed by atoms with E-state index in [-0.39, 0.29) is 6.04 Å². The highest BCUT2D eigenvalue weighted by Crippen LogP contribution is 2.34. The summed E-state index contributed by atoms with van der Waals surface area (Å²) in [5.74, 6) is 1.65. The van der Waals surface area contributed by atoms with Crippen LogP contribution in [0.4, 0.5) is 5.69 Å². The first-order valence-electron chi connectivity index (χ1n) is 9.69. The van der Waals surface area contributed by atoms with Crippen LogP contribution in [0.25, 0.3) is 0 Å². The van der Waals surface area contributed by atoms with Crippen LogP contribution in [0.2, 0.25) is 0 Å². The average Bonchev–Trinajstić information content (AvgIpc) is 3.25. The summed E-state index contributed by atoms with van der Waals surface area (Å²) < 4.78 is 10.6. The van der Waals surface area contributed by atoms with Gasteiger partial charge in [0.05, 0.1) is 26.0 Å². The first-order chi connectivity index (χ1) is 14.7. The first-order valence-corrected chi connectivity index (χ1v) is 10.1. The second-order valence-electron chi connectivity index (χ2n) is 6.91. The van der Waals surface area contributed by atoms with Crippen LogP contribution in [-0.2, 0) is 0 Å². The van der Waals surface area contributed by atoms with Gasteiger partial charge in [-0.3, -0.25) is 0 Å². The number of hydrogen-bond donors (Lipinski definition) is 1. The molecule has 1 aliphatic heterocycles. The van der Waals surface area contributed by atoms with Gasteiger partial charge >= 0.3 is 0 Å². The van der Waals surface area contributed by atoms with Gasteiger partial charge < -0.3 is 14.8 Å². The van der Waals surface area contributed by atoms with Gasteiger partial charge in [-0.25, -0.2) is 5.01 Å². The summed E-state index contributed by atoms with van der Waals surface area (Å²) in [6.07, 6.45) is 0.745. The topological polar surface area (TPSA) is 46.1 Å². The highest BCUT2D eigenvalue weighted by Gasteiger charge is 2.31. The van der Waals surface area contributed by atoms with Gasteiger partial charge in [-0.15, -0.1) is 0 Å². The predicted octanol–water partition coefficient (Wildman–Crippen LogP) is 5.25. The van der Waals surface area contributed by atoms with E-state index in [1.807, 2.05) is 71.7 Å². The van der Waals surface area contributed by atoms with Crippen molar-refractivity contribution in [3.05, 3.63) is 90.0 Å². The summed E-state index contributed by atoms with van der Waals surface area (Å²) in [4.78, 5) is 0. The second-order valence-corrected chi connectivity index (χ2v) is 7.30. The van der Waals surface area contributed by atoms with Gasteiger partial charge in [0.1, 0.15) is 11.5 Å². The van der Waals surface area contributed by atoms with E-state index in [4.69, 9.17) is 26.8 Å². The van der Waals surface area contributed by atoms with Crippen molar-refractivity contribution in [3.63, 3.8) is 0 Å². The fourth-order valence-corrected chi connectivity index (χ4v) is 3.73. The molecule has 0 fully saturated rings. The number of hydrazone groups is 1. The minimum Gasteiger partial charge on any atom is -0.497 e. The van der Waals surface area contributed by atoms with Gasteiger partial charge in [0.15, 0.2) is 5.11 Å². The maximum Gasteiger partial charge on any atom is 0.194 e. The van der Waals surface area contributed by atoms with E-state index in [0.717, 1.165) is 40.4 Å². The minimum atomic E-state index is -0.00304. The largest absolute Gasteiger partial charge is 0.497 e. The molecule has 0 spiro atoms. The third-order valence-corrected chi connectivity index (χ3v) is 5.36. The SMILES string of the molecule is COc1ccc(C2=NN(C(=S)Nc3ccccc3)[C@H](c3ccc(OC)cc3)C2)cc1. The molecular formula is C24H23N3O2S. The molecule has 0 saturated heterocycles. The molecule has 3 aromatic rings. The second kappa shape index (κ2) is 8.97. The Morgan fingerprint density at radius 1 is 0.900 bits per heavy atom. The van der Waals surface area contributed by atoms with Crippen molar-refractivity contribution in [2.45, 2.75) is 12.5 Å². The molecule has 5 nitrogen and oxygen atoms in total. The zero-order valence-corrected chi connectivity index (χ0v) is 17.7. The number of nitrogens with zero attached hydrogens (tertiary/aromatic N) is 2. The lowest BCUT2D eigenvalue weighted by Gasteiger charge is -2.25. The van der Waals surface area contributed by atoms with E-state index in [9.17, 15) is 0 Å². The van der Waals surface area contributed by atoms with E-state index in [1.165, 1.54) is 0 Å². The summed E-state index contributed by atoms with van der Waals surface area (Å²) >= 11 is 5.73. The Bertz CT molecular complexity index is 1030. The molecule has 0 unspecified atom stereocenters. The standard InChI is InChI=1S/C24H23N3O2S/c1-28-20-12-8-17(9-13-20)22-16-23(18-10-14-21(29-2)15-11-18)27(26-22)24(30)25-19-6-4-3-5-7-19/h3-15,23H,16H2,1-2H3,(H,25,30)/t23-/m0/s1. The zero-order valence-electron chi connectivity index (χ0n) is 16.9. The molecular weight excluding hydrogens is 394 g/mol.